The molecule has 1 aliphatic rings. The summed E-state index contributed by atoms with van der Waals surface area (Å²) in [7, 11) is 0. The fourth-order valence-electron chi connectivity index (χ4n) is 2.95. The molecule has 2 aromatic rings. The van der Waals surface area contributed by atoms with E-state index in [0.717, 1.165) is 23.5 Å². The second kappa shape index (κ2) is 5.88. The van der Waals surface area contributed by atoms with Crippen LogP contribution in [0.15, 0.2) is 28.7 Å². The van der Waals surface area contributed by atoms with E-state index in [1.165, 1.54) is 12.1 Å². The number of hydrogen-bond donors (Lipinski definition) is 0. The molecule has 2 amide bonds. The fraction of sp³-hybridized carbons (Fsp3) is 0.294. The minimum Gasteiger partial charge on any atom is -0.274 e. The zero-order chi connectivity index (χ0) is 17.6. The lowest BCUT2D eigenvalue weighted by atomic mass is 9.91. The number of rotatable bonds is 3. The Morgan fingerprint density at radius 1 is 1.08 bits per heavy atom. The Morgan fingerprint density at radius 3 is 2.38 bits per heavy atom. The third kappa shape index (κ3) is 2.60. The van der Waals surface area contributed by atoms with Gasteiger partial charge in [0, 0.05) is 27.5 Å². The second-order valence-corrected chi connectivity index (χ2v) is 6.57. The van der Waals surface area contributed by atoms with Crippen LogP contribution in [0.3, 0.4) is 0 Å². The van der Waals surface area contributed by atoms with Crippen LogP contribution in [-0.2, 0) is 6.18 Å². The highest BCUT2D eigenvalue weighted by molar-refractivity contribution is 9.10. The summed E-state index contributed by atoms with van der Waals surface area (Å²) in [5.74, 6) is -1.09. The van der Waals surface area contributed by atoms with Gasteiger partial charge in [-0.2, -0.15) is 13.2 Å². The molecule has 0 aliphatic carbocycles. The van der Waals surface area contributed by atoms with Crippen molar-refractivity contribution in [2.75, 3.05) is 6.54 Å². The lowest BCUT2D eigenvalue weighted by Gasteiger charge is -2.28. The summed E-state index contributed by atoms with van der Waals surface area (Å²) >= 11 is 3.17. The molecular formula is C17H13BrF3NO2. The molecule has 3 nitrogen and oxygen atoms in total. The summed E-state index contributed by atoms with van der Waals surface area (Å²) in [6, 6.07) is 4.84. The maximum absolute atomic E-state index is 13.3. The molecule has 0 bridgehead atoms. The van der Waals surface area contributed by atoms with Crippen LogP contribution in [0.25, 0.3) is 10.8 Å². The zero-order valence-electron chi connectivity index (χ0n) is 12.7. The maximum Gasteiger partial charge on any atom is 0.417 e. The third-order valence-corrected chi connectivity index (χ3v) is 4.53. The van der Waals surface area contributed by atoms with Gasteiger partial charge in [0.25, 0.3) is 11.8 Å². The second-order valence-electron chi connectivity index (χ2n) is 5.65. The van der Waals surface area contributed by atoms with Crippen LogP contribution in [-0.4, -0.2) is 23.3 Å². The van der Waals surface area contributed by atoms with E-state index in [-0.39, 0.29) is 28.4 Å². The van der Waals surface area contributed by atoms with E-state index in [1.54, 1.807) is 0 Å². The predicted octanol–water partition coefficient (Wildman–Crippen LogP) is 5.02. The number of imide groups is 1. The van der Waals surface area contributed by atoms with Gasteiger partial charge in [-0.3, -0.25) is 14.5 Å². The zero-order valence-corrected chi connectivity index (χ0v) is 14.3. The van der Waals surface area contributed by atoms with Crippen molar-refractivity contribution in [1.82, 2.24) is 4.90 Å². The molecule has 0 saturated heterocycles. The van der Waals surface area contributed by atoms with E-state index in [1.807, 2.05) is 6.92 Å². The number of nitrogens with zero attached hydrogens (tertiary/aromatic N) is 1. The first-order chi connectivity index (χ1) is 11.3. The Morgan fingerprint density at radius 2 is 1.75 bits per heavy atom. The molecule has 2 aromatic carbocycles. The summed E-state index contributed by atoms with van der Waals surface area (Å²) in [6.45, 7) is 2.18. The molecule has 0 radical (unpaired) electrons. The molecule has 7 heteroatoms. The van der Waals surface area contributed by atoms with Crippen molar-refractivity contribution in [2.24, 2.45) is 0 Å². The molecular weight excluding hydrogens is 387 g/mol. The van der Waals surface area contributed by atoms with Crippen LogP contribution in [0.2, 0.25) is 0 Å². The average Bonchev–Trinajstić information content (AvgIpc) is 2.50. The molecule has 3 rings (SSSR count). The summed E-state index contributed by atoms with van der Waals surface area (Å²) < 4.78 is 40.2. The van der Waals surface area contributed by atoms with E-state index in [9.17, 15) is 22.8 Å². The average molecular weight is 400 g/mol. The highest BCUT2D eigenvalue weighted by atomic mass is 79.9. The van der Waals surface area contributed by atoms with Crippen LogP contribution < -0.4 is 0 Å². The van der Waals surface area contributed by atoms with E-state index < -0.39 is 23.6 Å². The Balaban J connectivity index is 2.31. The van der Waals surface area contributed by atoms with Crippen molar-refractivity contribution in [2.45, 2.75) is 25.9 Å². The van der Waals surface area contributed by atoms with Gasteiger partial charge in [-0.1, -0.05) is 29.3 Å². The quantitative estimate of drug-likeness (QED) is 0.679. The normalized spacial score (nSPS) is 14.6. The lowest BCUT2D eigenvalue weighted by Crippen LogP contribution is -2.41. The molecule has 126 valence electrons. The van der Waals surface area contributed by atoms with E-state index in [2.05, 4.69) is 15.9 Å². The number of unbranched alkanes of at least 4 members (excludes halogenated alkanes) is 1. The largest absolute Gasteiger partial charge is 0.417 e. The van der Waals surface area contributed by atoms with Gasteiger partial charge in [-0.25, -0.2) is 0 Å². The first-order valence-electron chi connectivity index (χ1n) is 7.45. The van der Waals surface area contributed by atoms with Crippen molar-refractivity contribution < 1.29 is 22.8 Å². The minimum absolute atomic E-state index is 0.0794. The van der Waals surface area contributed by atoms with Gasteiger partial charge >= 0.3 is 6.18 Å². The van der Waals surface area contributed by atoms with Crippen LogP contribution in [0.4, 0.5) is 13.2 Å². The standard InChI is InChI=1S/C17H13BrF3NO2/c1-2-3-6-22-15(23)10-4-5-13(17(19,20)21)11-7-9(18)8-12(14(10)11)16(22)24/h4-5,7-8H,2-3,6H2,1H3. The van der Waals surface area contributed by atoms with Gasteiger partial charge in [0.05, 0.1) is 5.56 Å². The molecule has 0 spiro atoms. The SMILES string of the molecule is CCCCN1C(=O)c2ccc(C(F)(F)F)c3cc(Br)cc(c23)C1=O. The van der Waals surface area contributed by atoms with Gasteiger partial charge in [0.1, 0.15) is 0 Å². The number of alkyl halides is 3. The number of halogens is 4. The third-order valence-electron chi connectivity index (χ3n) is 4.07. The summed E-state index contributed by atoms with van der Waals surface area (Å²) in [6.07, 6.45) is -3.13. The Bertz CT molecular complexity index is 861. The predicted molar refractivity (Wildman–Crippen MR) is 86.9 cm³/mol. The lowest BCUT2D eigenvalue weighted by molar-refractivity contribution is -0.136. The van der Waals surface area contributed by atoms with E-state index in [0.29, 0.717) is 10.9 Å². The summed E-state index contributed by atoms with van der Waals surface area (Å²) in [4.78, 5) is 26.3. The first kappa shape index (κ1) is 17.0. The molecule has 0 unspecified atom stereocenters. The van der Waals surface area contributed by atoms with Crippen LogP contribution in [0.5, 0.6) is 0 Å². The van der Waals surface area contributed by atoms with E-state index in [4.69, 9.17) is 0 Å². The van der Waals surface area contributed by atoms with Crippen LogP contribution in [0.1, 0.15) is 46.0 Å². The number of carbonyl (C=O) groups excluding carboxylic acids is 2. The Labute approximate surface area is 144 Å². The Kier molecular flexibility index (Phi) is 4.15. The van der Waals surface area contributed by atoms with Gasteiger partial charge in [0.15, 0.2) is 0 Å². The summed E-state index contributed by atoms with van der Waals surface area (Å²) in [5.41, 5.74) is -0.598. The van der Waals surface area contributed by atoms with Crippen LogP contribution >= 0.6 is 15.9 Å². The summed E-state index contributed by atoms with van der Waals surface area (Å²) in [5, 5.41) is -0.0583. The molecule has 0 aromatic heterocycles. The molecule has 0 fully saturated rings. The fourth-order valence-corrected chi connectivity index (χ4v) is 3.40. The highest BCUT2D eigenvalue weighted by Crippen LogP contribution is 2.40. The van der Waals surface area contributed by atoms with Crippen molar-refractivity contribution in [1.29, 1.82) is 0 Å². The van der Waals surface area contributed by atoms with Gasteiger partial charge in [-0.05, 0) is 36.1 Å². The number of amides is 2. The van der Waals surface area contributed by atoms with Crippen molar-refractivity contribution in [3.05, 3.63) is 45.4 Å². The molecule has 1 heterocycles. The Hall–Kier alpha value is -1.89. The van der Waals surface area contributed by atoms with Gasteiger partial charge < -0.3 is 0 Å². The maximum atomic E-state index is 13.3. The molecule has 1 aliphatic heterocycles. The van der Waals surface area contributed by atoms with Gasteiger partial charge in [0.2, 0.25) is 0 Å². The number of carbonyl (C=O) groups is 2. The molecule has 0 N–H and O–H groups in total. The smallest absolute Gasteiger partial charge is 0.274 e. The number of benzene rings is 2. The van der Waals surface area contributed by atoms with Crippen molar-refractivity contribution in [3.63, 3.8) is 0 Å². The van der Waals surface area contributed by atoms with Crippen LogP contribution in [0, 0.1) is 0 Å². The molecule has 0 saturated carbocycles. The van der Waals surface area contributed by atoms with E-state index >= 15 is 0 Å². The number of hydrogen-bond acceptors (Lipinski definition) is 2. The topological polar surface area (TPSA) is 37.4 Å². The van der Waals surface area contributed by atoms with Crippen molar-refractivity contribution in [3.8, 4) is 0 Å². The molecule has 24 heavy (non-hydrogen) atoms. The highest BCUT2D eigenvalue weighted by Gasteiger charge is 2.38. The monoisotopic (exact) mass is 399 g/mol. The molecule has 0 atom stereocenters. The first-order valence-corrected chi connectivity index (χ1v) is 8.24. The van der Waals surface area contributed by atoms with Gasteiger partial charge in [-0.15, -0.1) is 0 Å². The minimum atomic E-state index is -4.57. The van der Waals surface area contributed by atoms with Crippen molar-refractivity contribution >= 4 is 38.5 Å².